The molecule has 27 heavy (non-hydrogen) atoms. The van der Waals surface area contributed by atoms with Gasteiger partial charge in [-0.15, -0.1) is 0 Å². The predicted octanol–water partition coefficient (Wildman–Crippen LogP) is -0.307. The lowest BCUT2D eigenvalue weighted by molar-refractivity contribution is -0.862. The normalized spacial score (nSPS) is 13.1. The first-order valence-corrected chi connectivity index (χ1v) is 10.4. The number of sulfonamides is 1. The van der Waals surface area contributed by atoms with Crippen molar-refractivity contribution in [1.82, 2.24) is 9.62 Å². The number of likely N-dealkylation sites (N-methyl/N-ethyl adjacent to an activating group) is 1. The zero-order valence-corrected chi connectivity index (χ0v) is 17.7. The zero-order valence-electron chi connectivity index (χ0n) is 16.9. The van der Waals surface area contributed by atoms with Crippen LogP contribution in [0, 0.1) is 0 Å². The first-order chi connectivity index (χ1) is 12.4. The largest absolute Gasteiger partial charge is 0.349 e. The second kappa shape index (κ2) is 9.82. The van der Waals surface area contributed by atoms with E-state index in [0.717, 1.165) is 4.90 Å². The van der Waals surface area contributed by atoms with Crippen LogP contribution in [0.25, 0.3) is 0 Å². The number of nitrogens with zero attached hydrogens (tertiary/aromatic N) is 1. The minimum atomic E-state index is -3.55. The van der Waals surface area contributed by atoms with E-state index in [1.54, 1.807) is 33.0 Å². The van der Waals surface area contributed by atoms with Gasteiger partial charge < -0.3 is 15.5 Å². The van der Waals surface area contributed by atoms with Crippen molar-refractivity contribution < 1.29 is 22.9 Å². The van der Waals surface area contributed by atoms with Crippen molar-refractivity contribution in [2.75, 3.05) is 32.5 Å². The first kappa shape index (κ1) is 23.1. The van der Waals surface area contributed by atoms with Gasteiger partial charge in [-0.25, -0.2) is 8.42 Å². The third kappa shape index (κ3) is 7.28. The number of quaternary nitrogens is 1. The summed E-state index contributed by atoms with van der Waals surface area (Å²) in [7, 11) is -0.262. The molecule has 1 unspecified atom stereocenters. The van der Waals surface area contributed by atoms with Crippen LogP contribution >= 0.6 is 0 Å². The molecule has 8 nitrogen and oxygen atoms in total. The molecule has 9 heteroatoms. The first-order valence-electron chi connectivity index (χ1n) is 8.92. The number of benzene rings is 1. The summed E-state index contributed by atoms with van der Waals surface area (Å²) in [6, 6.07) is 5.95. The van der Waals surface area contributed by atoms with Gasteiger partial charge in [0.25, 0.3) is 11.8 Å². The summed E-state index contributed by atoms with van der Waals surface area (Å²) >= 11 is 0. The van der Waals surface area contributed by atoms with Crippen LogP contribution in [-0.4, -0.2) is 63.8 Å². The highest BCUT2D eigenvalue weighted by atomic mass is 32.2. The summed E-state index contributed by atoms with van der Waals surface area (Å²) in [5, 5.41) is 5.50. The second-order valence-electron chi connectivity index (χ2n) is 7.22. The van der Waals surface area contributed by atoms with Gasteiger partial charge >= 0.3 is 0 Å². The Morgan fingerprint density at radius 1 is 1.04 bits per heavy atom. The third-order valence-corrected chi connectivity index (χ3v) is 5.96. The number of carbonyl (C=O) groups excluding carboxylic acids is 2. The van der Waals surface area contributed by atoms with E-state index in [-0.39, 0.29) is 41.9 Å². The highest BCUT2D eigenvalue weighted by Gasteiger charge is 2.23. The van der Waals surface area contributed by atoms with Gasteiger partial charge in [-0.1, -0.05) is 0 Å². The van der Waals surface area contributed by atoms with Crippen molar-refractivity contribution in [2.24, 2.45) is 0 Å². The second-order valence-corrected chi connectivity index (χ2v) is 9.22. The van der Waals surface area contributed by atoms with Gasteiger partial charge in [0.05, 0.1) is 11.9 Å². The lowest BCUT2D eigenvalue weighted by atomic mass is 10.3. The molecule has 0 fully saturated rings. The van der Waals surface area contributed by atoms with Crippen molar-refractivity contribution in [2.45, 2.75) is 44.7 Å². The minimum Gasteiger partial charge on any atom is -0.349 e. The molecule has 1 atom stereocenters. The molecule has 0 bridgehead atoms. The van der Waals surface area contributed by atoms with Crippen molar-refractivity contribution in [3.8, 4) is 0 Å². The van der Waals surface area contributed by atoms with E-state index in [4.69, 9.17) is 0 Å². The summed E-state index contributed by atoms with van der Waals surface area (Å²) in [5.41, 5.74) is 0.505. The van der Waals surface area contributed by atoms with E-state index in [0.29, 0.717) is 5.69 Å². The molecule has 0 spiro atoms. The maximum Gasteiger partial charge on any atom is 0.279 e. The fraction of sp³-hybridized carbons (Fsp3) is 0.556. The zero-order chi connectivity index (χ0) is 20.8. The van der Waals surface area contributed by atoms with Gasteiger partial charge in [0.15, 0.2) is 13.1 Å². The molecule has 152 valence electrons. The van der Waals surface area contributed by atoms with Crippen molar-refractivity contribution in [3.63, 3.8) is 0 Å². The molecule has 0 aliphatic heterocycles. The van der Waals surface area contributed by atoms with Crippen molar-refractivity contribution in [1.29, 1.82) is 0 Å². The van der Waals surface area contributed by atoms with Crippen LogP contribution < -0.4 is 15.5 Å². The molecule has 0 radical (unpaired) electrons. The molecule has 0 aliphatic carbocycles. The molecular weight excluding hydrogens is 368 g/mol. The molecule has 0 aromatic heterocycles. The molecular formula is C18H31N4O4S+. The summed E-state index contributed by atoms with van der Waals surface area (Å²) in [6.07, 6.45) is 0. The van der Waals surface area contributed by atoms with Crippen LogP contribution in [0.4, 0.5) is 5.69 Å². The SMILES string of the molecule is CC(C)NC(=O)C[NH+](C)CC(=O)Nc1ccc(S(=O)(=O)N(C)C(C)C)cc1. The molecule has 2 amide bonds. The number of carbonyl (C=O) groups is 2. The molecule has 0 heterocycles. The average Bonchev–Trinajstić information content (AvgIpc) is 2.53. The van der Waals surface area contributed by atoms with E-state index >= 15 is 0 Å². The Morgan fingerprint density at radius 2 is 1.56 bits per heavy atom. The molecule has 0 saturated heterocycles. The number of amides is 2. The standard InChI is InChI=1S/C18H30N4O4S/c1-13(2)19-17(23)11-21(5)12-18(24)20-15-7-9-16(10-8-15)27(25,26)22(6)14(3)4/h7-10,13-14H,11-12H2,1-6H3,(H,19,23)(H,20,24)/p+1. The molecule has 3 N–H and O–H groups in total. The summed E-state index contributed by atoms with van der Waals surface area (Å²) in [4.78, 5) is 24.8. The lowest BCUT2D eigenvalue weighted by Gasteiger charge is -2.21. The minimum absolute atomic E-state index is 0.0589. The topological polar surface area (TPSA) is 100 Å². The Bertz CT molecular complexity index is 745. The summed E-state index contributed by atoms with van der Waals surface area (Å²) in [5.74, 6) is -0.362. The smallest absolute Gasteiger partial charge is 0.279 e. The number of hydrogen-bond acceptors (Lipinski definition) is 4. The van der Waals surface area contributed by atoms with Gasteiger partial charge in [0.1, 0.15) is 0 Å². The maximum absolute atomic E-state index is 12.4. The summed E-state index contributed by atoms with van der Waals surface area (Å²) in [6.45, 7) is 7.68. The van der Waals surface area contributed by atoms with Gasteiger partial charge in [0.2, 0.25) is 10.0 Å². The monoisotopic (exact) mass is 399 g/mol. The Balaban J connectivity index is 2.65. The van der Waals surface area contributed by atoms with Gasteiger partial charge in [0, 0.05) is 24.8 Å². The molecule has 1 aromatic rings. The Morgan fingerprint density at radius 3 is 2.04 bits per heavy atom. The molecule has 0 aliphatic rings. The van der Waals surface area contributed by atoms with Gasteiger partial charge in [-0.2, -0.15) is 4.31 Å². The van der Waals surface area contributed by atoms with Crippen LogP contribution in [0.5, 0.6) is 0 Å². The van der Waals surface area contributed by atoms with E-state index in [1.807, 2.05) is 13.8 Å². The Hall–Kier alpha value is -1.97. The molecule has 0 saturated carbocycles. The number of anilines is 1. The van der Waals surface area contributed by atoms with Crippen LogP contribution in [0.3, 0.4) is 0 Å². The van der Waals surface area contributed by atoms with Crippen LogP contribution in [-0.2, 0) is 19.6 Å². The Kier molecular flexibility index (Phi) is 8.39. The van der Waals surface area contributed by atoms with Gasteiger partial charge in [-0.05, 0) is 52.0 Å². The molecule has 1 rings (SSSR count). The van der Waals surface area contributed by atoms with E-state index in [2.05, 4.69) is 10.6 Å². The third-order valence-electron chi connectivity index (χ3n) is 3.92. The highest BCUT2D eigenvalue weighted by molar-refractivity contribution is 7.89. The van der Waals surface area contributed by atoms with E-state index in [9.17, 15) is 18.0 Å². The van der Waals surface area contributed by atoms with Crippen LogP contribution in [0.2, 0.25) is 0 Å². The molecule has 1 aromatic carbocycles. The van der Waals surface area contributed by atoms with Crippen LogP contribution in [0.15, 0.2) is 29.2 Å². The predicted molar refractivity (Wildman–Crippen MR) is 105 cm³/mol. The van der Waals surface area contributed by atoms with Crippen LogP contribution in [0.1, 0.15) is 27.7 Å². The fourth-order valence-corrected chi connectivity index (χ4v) is 3.71. The maximum atomic E-state index is 12.4. The Labute approximate surface area is 162 Å². The average molecular weight is 400 g/mol. The fourth-order valence-electron chi connectivity index (χ4n) is 2.34. The number of rotatable bonds is 9. The van der Waals surface area contributed by atoms with Gasteiger partial charge in [-0.3, -0.25) is 9.59 Å². The van der Waals surface area contributed by atoms with Crippen molar-refractivity contribution in [3.05, 3.63) is 24.3 Å². The number of nitrogens with one attached hydrogen (secondary N) is 3. The summed E-state index contributed by atoms with van der Waals surface area (Å²) < 4.78 is 26.2. The quantitative estimate of drug-likeness (QED) is 0.530. The highest BCUT2D eigenvalue weighted by Crippen LogP contribution is 2.18. The lowest BCUT2D eigenvalue weighted by Crippen LogP contribution is -3.11. The number of hydrogen-bond donors (Lipinski definition) is 3. The van der Waals surface area contributed by atoms with E-state index in [1.165, 1.54) is 23.5 Å². The van der Waals surface area contributed by atoms with Crippen molar-refractivity contribution >= 4 is 27.5 Å². The van der Waals surface area contributed by atoms with E-state index < -0.39 is 10.0 Å².